The Kier molecular flexibility index (Phi) is 6.74. The van der Waals surface area contributed by atoms with Crippen molar-refractivity contribution in [2.45, 2.75) is 79.4 Å². The van der Waals surface area contributed by atoms with E-state index < -0.39 is 0 Å². The van der Waals surface area contributed by atoms with E-state index in [0.29, 0.717) is 0 Å². The van der Waals surface area contributed by atoms with E-state index in [1.807, 2.05) is 6.20 Å². The van der Waals surface area contributed by atoms with Gasteiger partial charge in [0.2, 0.25) is 5.90 Å². The number of ether oxygens (including phenoxy) is 1. The molecule has 53 heavy (non-hydrogen) atoms. The predicted molar refractivity (Wildman–Crippen MR) is 220 cm³/mol. The fourth-order valence-corrected chi connectivity index (χ4v) is 8.98. The maximum Gasteiger partial charge on any atom is 0.217 e. The molecule has 5 aromatic carbocycles. The zero-order chi connectivity index (χ0) is 36.5. The van der Waals surface area contributed by atoms with Crippen LogP contribution in [0.2, 0.25) is 0 Å². The highest BCUT2D eigenvalue weighted by Gasteiger charge is 2.40. The standard InChI is InChI=1S/C48H44N4O/c1-26-9-12-31-21-44-46(34(31)17-26)50-47(53-44)33-24-41(30(5)20-29(33)4)51-39-13-10-27(2)18-35(39)37-23-38-36-19-28(3)11-14-40(36)52(43(38)25-42(37)51)45-22-32(15-16-49-45)48(6,7)8/h9-20,22-25,44,46H,21H2,1-8H3/t44-,46+/m0/s1. The highest BCUT2D eigenvalue weighted by atomic mass is 16.5. The van der Waals surface area contributed by atoms with Gasteiger partial charge in [-0.1, -0.05) is 73.9 Å². The lowest BCUT2D eigenvalue weighted by atomic mass is 9.88. The maximum absolute atomic E-state index is 6.71. The van der Waals surface area contributed by atoms with Crippen LogP contribution in [0.25, 0.3) is 55.1 Å². The van der Waals surface area contributed by atoms with Gasteiger partial charge in [-0.2, -0.15) is 0 Å². The number of pyridine rings is 1. The van der Waals surface area contributed by atoms with Gasteiger partial charge in [0.15, 0.2) is 0 Å². The largest absolute Gasteiger partial charge is 0.471 e. The number of rotatable bonds is 3. The molecule has 10 rings (SSSR count). The van der Waals surface area contributed by atoms with Crippen LogP contribution in [0.5, 0.6) is 0 Å². The monoisotopic (exact) mass is 692 g/mol. The smallest absolute Gasteiger partial charge is 0.217 e. The Bertz CT molecular complexity index is 2900. The van der Waals surface area contributed by atoms with E-state index in [0.717, 1.165) is 40.4 Å². The van der Waals surface area contributed by atoms with Crippen LogP contribution in [-0.4, -0.2) is 26.1 Å². The van der Waals surface area contributed by atoms with Crippen molar-refractivity contribution in [1.29, 1.82) is 0 Å². The number of hydrogen-bond donors (Lipinski definition) is 0. The average Bonchev–Trinajstić information content (AvgIpc) is 3.85. The summed E-state index contributed by atoms with van der Waals surface area (Å²) < 4.78 is 11.5. The van der Waals surface area contributed by atoms with Crippen LogP contribution < -0.4 is 0 Å². The molecule has 0 fully saturated rings. The molecular weight excluding hydrogens is 649 g/mol. The van der Waals surface area contributed by atoms with Gasteiger partial charge in [-0.05, 0) is 122 Å². The predicted octanol–water partition coefficient (Wildman–Crippen LogP) is 11.6. The lowest BCUT2D eigenvalue weighted by molar-refractivity contribution is 0.206. The van der Waals surface area contributed by atoms with Crippen molar-refractivity contribution >= 4 is 49.5 Å². The highest BCUT2D eigenvalue weighted by Crippen LogP contribution is 2.44. The molecule has 5 nitrogen and oxygen atoms in total. The first-order valence-electron chi connectivity index (χ1n) is 18.9. The molecule has 0 radical (unpaired) electrons. The van der Waals surface area contributed by atoms with Crippen LogP contribution in [0, 0.1) is 34.6 Å². The highest BCUT2D eigenvalue weighted by molar-refractivity contribution is 6.19. The Hall–Kier alpha value is -5.68. The second-order valence-corrected chi connectivity index (χ2v) is 16.6. The zero-order valence-electron chi connectivity index (χ0n) is 31.8. The van der Waals surface area contributed by atoms with E-state index in [9.17, 15) is 0 Å². The van der Waals surface area contributed by atoms with Crippen molar-refractivity contribution in [1.82, 2.24) is 14.1 Å². The third-order valence-electron chi connectivity index (χ3n) is 11.7. The van der Waals surface area contributed by atoms with E-state index in [1.165, 1.54) is 77.1 Å². The van der Waals surface area contributed by atoms with Gasteiger partial charge >= 0.3 is 0 Å². The second kappa shape index (κ2) is 11.2. The van der Waals surface area contributed by atoms with Crippen molar-refractivity contribution in [3.63, 3.8) is 0 Å². The Morgan fingerprint density at radius 1 is 0.623 bits per heavy atom. The Labute approximate surface area is 310 Å². The SMILES string of the molecule is Cc1ccc2c(c1)[C@H]1N=C(c3cc(-n4c5ccc(C)cc5c5cc6c7cc(C)ccc7n(-c7cc(C(C)(C)C)ccn7)c6cc54)c(C)cc3C)O[C@H]1C2. The first-order chi connectivity index (χ1) is 25.4. The molecule has 0 unspecified atom stereocenters. The van der Waals surface area contributed by atoms with E-state index in [4.69, 9.17) is 14.7 Å². The normalized spacial score (nSPS) is 16.9. The van der Waals surface area contributed by atoms with Gasteiger partial charge in [0.25, 0.3) is 0 Å². The van der Waals surface area contributed by atoms with Gasteiger partial charge in [-0.25, -0.2) is 9.98 Å². The van der Waals surface area contributed by atoms with Crippen LogP contribution in [0.4, 0.5) is 0 Å². The molecule has 0 amide bonds. The second-order valence-electron chi connectivity index (χ2n) is 16.6. The molecule has 2 atom stereocenters. The summed E-state index contributed by atoms with van der Waals surface area (Å²) in [6.07, 6.45) is 2.90. The number of aryl methyl sites for hydroxylation is 5. The first kappa shape index (κ1) is 32.0. The van der Waals surface area contributed by atoms with E-state index in [-0.39, 0.29) is 17.6 Å². The zero-order valence-corrected chi connectivity index (χ0v) is 31.8. The molecule has 0 saturated heterocycles. The minimum atomic E-state index is -0.000423. The minimum Gasteiger partial charge on any atom is -0.471 e. The van der Waals surface area contributed by atoms with Crippen molar-refractivity contribution < 1.29 is 4.74 Å². The van der Waals surface area contributed by atoms with Gasteiger partial charge in [0.1, 0.15) is 18.0 Å². The van der Waals surface area contributed by atoms with Crippen LogP contribution >= 0.6 is 0 Å². The van der Waals surface area contributed by atoms with Gasteiger partial charge in [-0.15, -0.1) is 0 Å². The lowest BCUT2D eigenvalue weighted by Gasteiger charge is -2.20. The van der Waals surface area contributed by atoms with Crippen LogP contribution in [-0.2, 0) is 16.6 Å². The molecule has 8 aromatic rings. The summed E-state index contributed by atoms with van der Waals surface area (Å²) in [4.78, 5) is 10.3. The fraction of sp³-hybridized carbons (Fsp3) is 0.250. The first-order valence-corrected chi connectivity index (χ1v) is 18.9. The molecule has 0 spiro atoms. The van der Waals surface area contributed by atoms with Crippen LogP contribution in [0.15, 0.2) is 102 Å². The van der Waals surface area contributed by atoms with Gasteiger partial charge in [0.05, 0.1) is 22.1 Å². The summed E-state index contributed by atoms with van der Waals surface area (Å²) in [5, 5.41) is 4.97. The van der Waals surface area contributed by atoms with Gasteiger partial charge in [0, 0.05) is 45.4 Å². The molecule has 262 valence electrons. The quantitative estimate of drug-likeness (QED) is 0.185. The summed E-state index contributed by atoms with van der Waals surface area (Å²) in [5.41, 5.74) is 16.9. The molecule has 0 saturated carbocycles. The third-order valence-corrected chi connectivity index (χ3v) is 11.7. The minimum absolute atomic E-state index is 0.000423. The lowest BCUT2D eigenvalue weighted by Crippen LogP contribution is -2.14. The Morgan fingerprint density at radius 2 is 1.26 bits per heavy atom. The maximum atomic E-state index is 6.71. The molecule has 3 aromatic heterocycles. The van der Waals surface area contributed by atoms with E-state index in [2.05, 4.69) is 156 Å². The summed E-state index contributed by atoms with van der Waals surface area (Å²) in [6.45, 7) is 17.7. The molecule has 1 aliphatic carbocycles. The molecule has 5 heteroatoms. The molecule has 0 N–H and O–H groups in total. The Balaban J connectivity index is 1.24. The number of hydrogen-bond acceptors (Lipinski definition) is 3. The van der Waals surface area contributed by atoms with E-state index in [1.54, 1.807) is 0 Å². The number of nitrogens with zero attached hydrogens (tertiary/aromatic N) is 4. The number of aromatic nitrogens is 3. The number of fused-ring (bicyclic) bond motifs is 9. The number of benzene rings is 5. The van der Waals surface area contributed by atoms with Gasteiger partial charge < -0.3 is 9.30 Å². The average molecular weight is 693 g/mol. The van der Waals surface area contributed by atoms with Crippen LogP contribution in [0.3, 0.4) is 0 Å². The molecule has 0 bridgehead atoms. The Morgan fingerprint density at radius 3 is 1.98 bits per heavy atom. The van der Waals surface area contributed by atoms with Gasteiger partial charge in [-0.3, -0.25) is 4.57 Å². The molecular formula is C48H44N4O. The summed E-state index contributed by atoms with van der Waals surface area (Å²) in [7, 11) is 0. The van der Waals surface area contributed by atoms with Crippen LogP contribution in [0.1, 0.15) is 76.9 Å². The summed E-state index contributed by atoms with van der Waals surface area (Å²) in [5.74, 6) is 1.69. The third kappa shape index (κ3) is 4.83. The molecule has 1 aliphatic heterocycles. The van der Waals surface area contributed by atoms with Crippen molar-refractivity contribution in [3.05, 3.63) is 147 Å². The van der Waals surface area contributed by atoms with Crippen molar-refractivity contribution in [2.75, 3.05) is 0 Å². The summed E-state index contributed by atoms with van der Waals surface area (Å²) >= 11 is 0. The molecule has 4 heterocycles. The summed E-state index contributed by atoms with van der Waals surface area (Å²) in [6, 6.07) is 34.3. The van der Waals surface area contributed by atoms with Crippen molar-refractivity contribution in [2.24, 2.45) is 4.99 Å². The van der Waals surface area contributed by atoms with E-state index >= 15 is 0 Å². The molecule has 2 aliphatic rings. The topological polar surface area (TPSA) is 44.3 Å². The number of aliphatic imine (C=N–C) groups is 1. The fourth-order valence-electron chi connectivity index (χ4n) is 8.98. The van der Waals surface area contributed by atoms with Crippen molar-refractivity contribution in [3.8, 4) is 11.5 Å².